The molecule has 0 spiro atoms. The van der Waals surface area contributed by atoms with Crippen molar-refractivity contribution in [1.29, 1.82) is 0 Å². The van der Waals surface area contributed by atoms with Gasteiger partial charge in [0.15, 0.2) is 11.5 Å². The maximum absolute atomic E-state index is 11.7. The molecule has 5 nitrogen and oxygen atoms in total. The van der Waals surface area contributed by atoms with Gasteiger partial charge in [-0.3, -0.25) is 4.79 Å². The van der Waals surface area contributed by atoms with Crippen LogP contribution in [0.1, 0.15) is 13.3 Å². The molecule has 0 fully saturated rings. The van der Waals surface area contributed by atoms with Crippen molar-refractivity contribution in [2.45, 2.75) is 19.4 Å². The number of hydrogen-bond acceptors (Lipinski definition) is 4. The van der Waals surface area contributed by atoms with Gasteiger partial charge in [-0.25, -0.2) is 0 Å². The lowest BCUT2D eigenvalue weighted by Crippen LogP contribution is -2.24. The number of rotatable bonds is 3. The Morgan fingerprint density at radius 2 is 2.06 bits per heavy atom. The summed E-state index contributed by atoms with van der Waals surface area (Å²) in [5.41, 5.74) is 6.24. The summed E-state index contributed by atoms with van der Waals surface area (Å²) in [6, 6.07) is 3.37. The number of benzene rings is 1. The number of carbonyl (C=O) groups is 1. The van der Waals surface area contributed by atoms with Gasteiger partial charge in [0.2, 0.25) is 5.91 Å². The topological polar surface area (TPSA) is 73.6 Å². The molecule has 98 valence electrons. The number of amides is 1. The molecule has 3 N–H and O–H groups in total. The first-order valence-electron chi connectivity index (χ1n) is 5.71. The van der Waals surface area contributed by atoms with Crippen LogP contribution >= 0.6 is 15.9 Å². The molecular formula is C12H15BrN2O3. The molecule has 0 aromatic heterocycles. The molecule has 1 heterocycles. The number of ether oxygens (including phenoxy) is 2. The molecule has 1 aliphatic rings. The number of hydrogen-bond donors (Lipinski definition) is 2. The van der Waals surface area contributed by atoms with E-state index in [4.69, 9.17) is 15.2 Å². The van der Waals surface area contributed by atoms with Gasteiger partial charge in [-0.1, -0.05) is 0 Å². The van der Waals surface area contributed by atoms with Gasteiger partial charge in [-0.05, 0) is 22.9 Å². The van der Waals surface area contributed by atoms with Gasteiger partial charge < -0.3 is 20.5 Å². The highest BCUT2D eigenvalue weighted by Crippen LogP contribution is 2.38. The highest BCUT2D eigenvalue weighted by Gasteiger charge is 2.16. The van der Waals surface area contributed by atoms with Crippen LogP contribution < -0.4 is 20.5 Å². The van der Waals surface area contributed by atoms with Gasteiger partial charge in [0.25, 0.3) is 0 Å². The minimum Gasteiger partial charge on any atom is -0.486 e. The second-order valence-electron chi connectivity index (χ2n) is 4.21. The Bertz CT molecular complexity index is 463. The first-order chi connectivity index (χ1) is 8.56. The number of anilines is 1. The zero-order valence-electron chi connectivity index (χ0n) is 10.0. The smallest absolute Gasteiger partial charge is 0.225 e. The van der Waals surface area contributed by atoms with Crippen LogP contribution in [0.25, 0.3) is 0 Å². The highest BCUT2D eigenvalue weighted by molar-refractivity contribution is 9.10. The van der Waals surface area contributed by atoms with Gasteiger partial charge in [0, 0.05) is 29.1 Å². The van der Waals surface area contributed by atoms with Gasteiger partial charge in [-0.2, -0.15) is 0 Å². The van der Waals surface area contributed by atoms with E-state index in [1.165, 1.54) is 0 Å². The molecule has 1 unspecified atom stereocenters. The second-order valence-corrected chi connectivity index (χ2v) is 5.06. The monoisotopic (exact) mass is 314 g/mol. The van der Waals surface area contributed by atoms with Crippen LogP contribution in [0.2, 0.25) is 0 Å². The Labute approximate surface area is 114 Å². The molecular weight excluding hydrogens is 300 g/mol. The Morgan fingerprint density at radius 3 is 2.67 bits per heavy atom. The van der Waals surface area contributed by atoms with Gasteiger partial charge >= 0.3 is 0 Å². The molecule has 0 saturated carbocycles. The van der Waals surface area contributed by atoms with E-state index in [0.717, 1.165) is 4.47 Å². The molecule has 0 bridgehead atoms. The predicted molar refractivity (Wildman–Crippen MR) is 72.0 cm³/mol. The minimum absolute atomic E-state index is 0.123. The standard InChI is InChI=1S/C12H15BrN2O3/c1-7(14)4-12(16)15-9-6-11-10(5-8(9)13)17-2-3-18-11/h5-7H,2-4,14H2,1H3,(H,15,16). The van der Waals surface area contributed by atoms with E-state index in [-0.39, 0.29) is 18.4 Å². The zero-order valence-corrected chi connectivity index (χ0v) is 11.6. The SMILES string of the molecule is CC(N)CC(=O)Nc1cc2c(cc1Br)OCCO2. The Hall–Kier alpha value is -1.27. The molecule has 6 heteroatoms. The Kier molecular flexibility index (Phi) is 4.08. The Morgan fingerprint density at radius 1 is 1.44 bits per heavy atom. The number of nitrogens with one attached hydrogen (secondary N) is 1. The predicted octanol–water partition coefficient (Wildman–Crippen LogP) is 1.90. The second kappa shape index (κ2) is 5.58. The summed E-state index contributed by atoms with van der Waals surface area (Å²) in [4.78, 5) is 11.7. The minimum atomic E-state index is -0.166. The zero-order chi connectivity index (χ0) is 13.1. The van der Waals surface area contributed by atoms with E-state index >= 15 is 0 Å². The van der Waals surface area contributed by atoms with Gasteiger partial charge in [-0.15, -0.1) is 0 Å². The molecule has 1 aliphatic heterocycles. The van der Waals surface area contributed by atoms with Crippen LogP contribution in [0.4, 0.5) is 5.69 Å². The molecule has 18 heavy (non-hydrogen) atoms. The van der Waals surface area contributed by atoms with Crippen LogP contribution in [0.3, 0.4) is 0 Å². The van der Waals surface area contributed by atoms with E-state index in [2.05, 4.69) is 21.2 Å². The van der Waals surface area contributed by atoms with Crippen LogP contribution in [0, 0.1) is 0 Å². The lowest BCUT2D eigenvalue weighted by molar-refractivity contribution is -0.116. The molecule has 0 saturated heterocycles. The number of carbonyl (C=O) groups excluding carboxylic acids is 1. The highest BCUT2D eigenvalue weighted by atomic mass is 79.9. The lowest BCUT2D eigenvalue weighted by Gasteiger charge is -2.20. The molecule has 1 aromatic rings. The summed E-state index contributed by atoms with van der Waals surface area (Å²) in [5.74, 6) is 1.20. The van der Waals surface area contributed by atoms with Crippen LogP contribution in [0.15, 0.2) is 16.6 Å². The average Bonchev–Trinajstić information content (AvgIpc) is 2.29. The first kappa shape index (κ1) is 13.2. The lowest BCUT2D eigenvalue weighted by atomic mass is 10.2. The van der Waals surface area contributed by atoms with E-state index in [0.29, 0.717) is 30.4 Å². The summed E-state index contributed by atoms with van der Waals surface area (Å²) < 4.78 is 11.7. The number of halogens is 1. The van der Waals surface area contributed by atoms with E-state index < -0.39 is 0 Å². The first-order valence-corrected chi connectivity index (χ1v) is 6.50. The third kappa shape index (κ3) is 3.14. The van der Waals surface area contributed by atoms with E-state index in [1.54, 1.807) is 19.1 Å². The fraction of sp³-hybridized carbons (Fsp3) is 0.417. The fourth-order valence-corrected chi connectivity index (χ4v) is 2.07. The van der Waals surface area contributed by atoms with E-state index in [9.17, 15) is 4.79 Å². The molecule has 2 rings (SSSR count). The molecule has 1 aromatic carbocycles. The Balaban J connectivity index is 2.15. The summed E-state index contributed by atoms with van der Waals surface area (Å²) in [6.07, 6.45) is 0.279. The van der Waals surface area contributed by atoms with Crippen LogP contribution in [-0.2, 0) is 4.79 Å². The fourth-order valence-electron chi connectivity index (χ4n) is 1.65. The van der Waals surface area contributed by atoms with E-state index in [1.807, 2.05) is 0 Å². The maximum Gasteiger partial charge on any atom is 0.225 e. The third-order valence-electron chi connectivity index (χ3n) is 2.41. The van der Waals surface area contributed by atoms with Crippen molar-refractivity contribution in [3.63, 3.8) is 0 Å². The largest absolute Gasteiger partial charge is 0.486 e. The number of nitrogens with two attached hydrogens (primary N) is 1. The summed E-state index contributed by atoms with van der Waals surface area (Å²) in [7, 11) is 0. The van der Waals surface area contributed by atoms with Crippen LogP contribution in [0.5, 0.6) is 11.5 Å². The molecule has 1 amide bonds. The van der Waals surface area contributed by atoms with Crippen LogP contribution in [-0.4, -0.2) is 25.2 Å². The molecule has 0 radical (unpaired) electrons. The average molecular weight is 315 g/mol. The number of fused-ring (bicyclic) bond motifs is 1. The summed E-state index contributed by atoms with van der Waals surface area (Å²) >= 11 is 3.39. The normalized spacial score (nSPS) is 15.1. The van der Waals surface area contributed by atoms with Gasteiger partial charge in [0.05, 0.1) is 5.69 Å². The van der Waals surface area contributed by atoms with Crippen molar-refractivity contribution in [2.24, 2.45) is 5.73 Å². The maximum atomic E-state index is 11.7. The third-order valence-corrected chi connectivity index (χ3v) is 3.07. The summed E-state index contributed by atoms with van der Waals surface area (Å²) in [6.45, 7) is 2.84. The van der Waals surface area contributed by atoms with Crippen molar-refractivity contribution in [3.8, 4) is 11.5 Å². The van der Waals surface area contributed by atoms with Crippen molar-refractivity contribution < 1.29 is 14.3 Å². The molecule has 1 atom stereocenters. The summed E-state index contributed by atoms with van der Waals surface area (Å²) in [5, 5.41) is 2.79. The van der Waals surface area contributed by atoms with Crippen molar-refractivity contribution in [3.05, 3.63) is 16.6 Å². The molecule has 0 aliphatic carbocycles. The van der Waals surface area contributed by atoms with Crippen molar-refractivity contribution in [1.82, 2.24) is 0 Å². The quantitative estimate of drug-likeness (QED) is 0.893. The van der Waals surface area contributed by atoms with Crippen molar-refractivity contribution >= 4 is 27.5 Å². The van der Waals surface area contributed by atoms with Gasteiger partial charge in [0.1, 0.15) is 13.2 Å². The van der Waals surface area contributed by atoms with Crippen molar-refractivity contribution in [2.75, 3.05) is 18.5 Å².